The Morgan fingerprint density at radius 1 is 0.786 bits per heavy atom. The highest BCUT2D eigenvalue weighted by Crippen LogP contribution is 2.38. The lowest BCUT2D eigenvalue weighted by atomic mass is 10.0. The molecule has 0 unspecified atom stereocenters. The van der Waals surface area contributed by atoms with Gasteiger partial charge < -0.3 is 23.5 Å². The van der Waals surface area contributed by atoms with E-state index in [1.165, 1.54) is 0 Å². The van der Waals surface area contributed by atoms with Crippen molar-refractivity contribution in [3.63, 3.8) is 0 Å². The Balaban J connectivity index is 0.00000280. The van der Waals surface area contributed by atoms with Gasteiger partial charge >= 0.3 is 0 Å². The lowest BCUT2D eigenvalue weighted by Crippen LogP contribution is -2.20. The first kappa shape index (κ1) is 21.4. The quantitative estimate of drug-likeness (QED) is 0.616. The van der Waals surface area contributed by atoms with E-state index in [1.807, 2.05) is 37.3 Å². The molecular weight excluding hydrogens is 382 g/mol. The van der Waals surface area contributed by atoms with Gasteiger partial charge in [0.25, 0.3) is 5.56 Å². The van der Waals surface area contributed by atoms with Gasteiger partial charge in [-0.3, -0.25) is 4.79 Å². The Morgan fingerprint density at radius 2 is 1.36 bits per heavy atom. The number of rotatable bonds is 6. The smallest absolute Gasteiger partial charge is 0.251 e. The average Bonchev–Trinajstić information content (AvgIpc) is 2.71. The van der Waals surface area contributed by atoms with Crippen molar-refractivity contribution in [2.75, 3.05) is 28.4 Å². The third-order valence-corrected chi connectivity index (χ3v) is 4.60. The second-order valence-electron chi connectivity index (χ2n) is 5.94. The monoisotopic (exact) mass is 405 g/mol. The maximum absolute atomic E-state index is 12.7. The number of ether oxygens (including phenoxy) is 4. The minimum Gasteiger partial charge on any atom is -0.493 e. The number of nitrogens with zero attached hydrogens (tertiary/aromatic N) is 1. The Bertz CT molecular complexity index is 1050. The minimum absolute atomic E-state index is 0. The minimum atomic E-state index is -0.0815. The molecule has 0 saturated carbocycles. The van der Waals surface area contributed by atoms with Crippen LogP contribution in [0.4, 0.5) is 0 Å². The van der Waals surface area contributed by atoms with Gasteiger partial charge in [-0.05, 0) is 42.6 Å². The van der Waals surface area contributed by atoms with Gasteiger partial charge in [0.2, 0.25) is 0 Å². The molecule has 0 saturated heterocycles. The summed E-state index contributed by atoms with van der Waals surface area (Å²) in [6, 6.07) is 10.9. The molecule has 3 rings (SSSR count). The summed E-state index contributed by atoms with van der Waals surface area (Å²) in [6.45, 7) is 2.48. The standard InChI is InChI=1S/C21H23NO5.ClH/c1-6-22-20(23)11-14-10-18(26-4)19(27-5)12-15(14)21(22)13-7-8-16(24-2)17(9-13)25-3;/h7-12H,6H2,1-5H3;1H. The molecule has 3 aromatic rings. The largest absolute Gasteiger partial charge is 0.493 e. The molecular formula is C21H24ClNO5. The Hall–Kier alpha value is -2.86. The zero-order valence-electron chi connectivity index (χ0n) is 16.6. The van der Waals surface area contributed by atoms with Crippen molar-refractivity contribution in [3.8, 4) is 34.3 Å². The molecule has 0 fully saturated rings. The fourth-order valence-electron chi connectivity index (χ4n) is 3.29. The van der Waals surface area contributed by atoms with Crippen LogP contribution in [-0.2, 0) is 6.54 Å². The highest BCUT2D eigenvalue weighted by Gasteiger charge is 2.17. The molecule has 0 spiro atoms. The van der Waals surface area contributed by atoms with Gasteiger partial charge in [0.15, 0.2) is 23.0 Å². The predicted octanol–water partition coefficient (Wildman–Crippen LogP) is 4.14. The summed E-state index contributed by atoms with van der Waals surface area (Å²) >= 11 is 0. The summed E-state index contributed by atoms with van der Waals surface area (Å²) in [6.07, 6.45) is 0. The summed E-state index contributed by atoms with van der Waals surface area (Å²) in [5, 5.41) is 1.67. The highest BCUT2D eigenvalue weighted by molar-refractivity contribution is 5.97. The summed E-state index contributed by atoms with van der Waals surface area (Å²) in [4.78, 5) is 12.7. The second kappa shape index (κ2) is 8.89. The van der Waals surface area contributed by atoms with Crippen molar-refractivity contribution >= 4 is 23.2 Å². The summed E-state index contributed by atoms with van der Waals surface area (Å²) in [7, 11) is 6.35. The van der Waals surface area contributed by atoms with E-state index in [9.17, 15) is 4.79 Å². The number of benzene rings is 2. The van der Waals surface area contributed by atoms with E-state index in [4.69, 9.17) is 18.9 Å². The Kier molecular flexibility index (Phi) is 6.80. The number of halogens is 1. The number of methoxy groups -OCH3 is 4. The molecule has 0 radical (unpaired) electrons. The average molecular weight is 406 g/mol. The number of aromatic nitrogens is 1. The molecule has 1 heterocycles. The first-order chi connectivity index (χ1) is 13.1. The van der Waals surface area contributed by atoms with Crippen molar-refractivity contribution in [1.82, 2.24) is 4.57 Å². The number of hydrogen-bond donors (Lipinski definition) is 0. The Labute approximate surface area is 170 Å². The zero-order chi connectivity index (χ0) is 19.6. The third kappa shape index (κ3) is 3.60. The molecule has 6 nitrogen and oxygen atoms in total. The van der Waals surface area contributed by atoms with E-state index in [0.717, 1.165) is 22.0 Å². The number of hydrogen-bond acceptors (Lipinski definition) is 5. The van der Waals surface area contributed by atoms with Crippen LogP contribution in [-0.4, -0.2) is 33.0 Å². The maximum Gasteiger partial charge on any atom is 0.251 e. The zero-order valence-corrected chi connectivity index (χ0v) is 17.4. The van der Waals surface area contributed by atoms with Gasteiger partial charge in [0, 0.05) is 23.6 Å². The molecule has 0 atom stereocenters. The fourth-order valence-corrected chi connectivity index (χ4v) is 3.29. The van der Waals surface area contributed by atoms with Crippen molar-refractivity contribution < 1.29 is 18.9 Å². The molecule has 1 aromatic heterocycles. The van der Waals surface area contributed by atoms with Crippen LogP contribution in [0.5, 0.6) is 23.0 Å². The molecule has 7 heteroatoms. The van der Waals surface area contributed by atoms with Crippen LogP contribution in [0.1, 0.15) is 6.92 Å². The predicted molar refractivity (Wildman–Crippen MR) is 113 cm³/mol. The van der Waals surface area contributed by atoms with E-state index < -0.39 is 0 Å². The van der Waals surface area contributed by atoms with Crippen molar-refractivity contribution in [2.45, 2.75) is 13.5 Å². The van der Waals surface area contributed by atoms with Crippen LogP contribution in [0.25, 0.3) is 22.0 Å². The van der Waals surface area contributed by atoms with E-state index >= 15 is 0 Å². The van der Waals surface area contributed by atoms with Crippen molar-refractivity contribution in [1.29, 1.82) is 0 Å². The summed E-state index contributed by atoms with van der Waals surface area (Å²) in [5.41, 5.74) is 1.56. The maximum atomic E-state index is 12.7. The molecule has 0 aliphatic heterocycles. The van der Waals surface area contributed by atoms with Gasteiger partial charge in [-0.1, -0.05) is 0 Å². The van der Waals surface area contributed by atoms with E-state index in [2.05, 4.69) is 0 Å². The molecule has 28 heavy (non-hydrogen) atoms. The van der Waals surface area contributed by atoms with Gasteiger partial charge in [-0.2, -0.15) is 0 Å². The number of fused-ring (bicyclic) bond motifs is 1. The molecule has 0 aliphatic rings. The van der Waals surface area contributed by atoms with Crippen LogP contribution in [0.2, 0.25) is 0 Å². The first-order valence-electron chi connectivity index (χ1n) is 8.59. The van der Waals surface area contributed by atoms with Gasteiger partial charge in [0.1, 0.15) is 0 Å². The first-order valence-corrected chi connectivity index (χ1v) is 8.59. The van der Waals surface area contributed by atoms with Gasteiger partial charge in [-0.25, -0.2) is 0 Å². The van der Waals surface area contributed by atoms with Gasteiger partial charge in [0.05, 0.1) is 34.1 Å². The van der Waals surface area contributed by atoms with Crippen molar-refractivity contribution in [2.24, 2.45) is 0 Å². The van der Waals surface area contributed by atoms with Crippen molar-refractivity contribution in [3.05, 3.63) is 46.8 Å². The third-order valence-electron chi connectivity index (χ3n) is 4.60. The fraction of sp³-hybridized carbons (Fsp3) is 0.286. The topological polar surface area (TPSA) is 58.9 Å². The van der Waals surface area contributed by atoms with Crippen LogP contribution < -0.4 is 24.5 Å². The summed E-state index contributed by atoms with van der Waals surface area (Å²) in [5.74, 6) is 2.42. The van der Waals surface area contributed by atoms with E-state index in [0.29, 0.717) is 29.5 Å². The molecule has 0 N–H and O–H groups in total. The van der Waals surface area contributed by atoms with Gasteiger partial charge in [-0.15, -0.1) is 12.4 Å². The van der Waals surface area contributed by atoms with Crippen LogP contribution in [0.15, 0.2) is 41.2 Å². The lowest BCUT2D eigenvalue weighted by Gasteiger charge is -2.18. The molecule has 150 valence electrons. The Morgan fingerprint density at radius 3 is 1.93 bits per heavy atom. The SMILES string of the molecule is CCn1c(-c2ccc(OC)c(OC)c2)c2cc(OC)c(OC)cc2cc1=O.Cl. The van der Waals surface area contributed by atoms with E-state index in [1.54, 1.807) is 39.1 Å². The molecule has 0 amide bonds. The lowest BCUT2D eigenvalue weighted by molar-refractivity contribution is 0.355. The molecule has 0 aliphatic carbocycles. The highest BCUT2D eigenvalue weighted by atomic mass is 35.5. The van der Waals surface area contributed by atoms with E-state index in [-0.39, 0.29) is 18.0 Å². The number of pyridine rings is 1. The normalized spacial score (nSPS) is 10.3. The molecule has 2 aromatic carbocycles. The van der Waals surface area contributed by atoms with Crippen LogP contribution in [0.3, 0.4) is 0 Å². The van der Waals surface area contributed by atoms with Crippen LogP contribution >= 0.6 is 12.4 Å². The molecule has 0 bridgehead atoms. The second-order valence-corrected chi connectivity index (χ2v) is 5.94. The van der Waals surface area contributed by atoms with Crippen LogP contribution in [0, 0.1) is 0 Å². The summed E-state index contributed by atoms with van der Waals surface area (Å²) < 4.78 is 23.3.